The van der Waals surface area contributed by atoms with Gasteiger partial charge in [0.25, 0.3) is 0 Å². The fourth-order valence-electron chi connectivity index (χ4n) is 6.28. The van der Waals surface area contributed by atoms with Gasteiger partial charge in [-0.2, -0.15) is 20.1 Å². The van der Waals surface area contributed by atoms with Crippen LogP contribution < -0.4 is 19.4 Å². The number of anilines is 3. The molecule has 3 aromatic carbocycles. The number of hydrazone groups is 1. The molecule has 3 aliphatic rings. The zero-order valence-corrected chi connectivity index (χ0v) is 26.9. The van der Waals surface area contributed by atoms with Gasteiger partial charge in [-0.1, -0.05) is 44.2 Å². The number of aromatic nitrogens is 3. The van der Waals surface area contributed by atoms with Crippen molar-refractivity contribution in [2.75, 3.05) is 60.6 Å². The zero-order valence-electron chi connectivity index (χ0n) is 26.9. The molecule has 2 fully saturated rings. The normalized spacial score (nSPS) is 22.9. The second kappa shape index (κ2) is 13.6. The van der Waals surface area contributed by atoms with Crippen molar-refractivity contribution in [1.82, 2.24) is 20.0 Å². The monoisotopic (exact) mass is 638 g/mol. The fraction of sp³-hybridized carbons (Fsp3) is 0.400. The SMILES string of the molecule is CC(C)CN1N=CN(c2ccc(N3CCN(c4ccc(OC[C@@H]5CO[C@@](Cn6nccn6)(c6ccccc6)O5)cc4)CC3)cc2)C1O. The Morgan fingerprint density at radius 1 is 0.851 bits per heavy atom. The van der Waals surface area contributed by atoms with Gasteiger partial charge in [-0.05, 0) is 54.4 Å². The zero-order chi connectivity index (χ0) is 32.2. The summed E-state index contributed by atoms with van der Waals surface area (Å²) >= 11 is 0. The average Bonchev–Trinajstić information content (AvgIpc) is 3.86. The molecular weight excluding hydrogens is 596 g/mol. The number of hydrogen-bond acceptors (Lipinski definition) is 11. The summed E-state index contributed by atoms with van der Waals surface area (Å²) in [4.78, 5) is 8.19. The molecule has 12 nitrogen and oxygen atoms in total. The molecule has 0 aliphatic carbocycles. The Morgan fingerprint density at radius 2 is 1.47 bits per heavy atom. The van der Waals surface area contributed by atoms with Gasteiger partial charge in [0.2, 0.25) is 12.1 Å². The lowest BCUT2D eigenvalue weighted by Crippen LogP contribution is -2.46. The topological polar surface area (TPSA) is 104 Å². The maximum atomic E-state index is 10.7. The second-order valence-electron chi connectivity index (χ2n) is 12.5. The van der Waals surface area contributed by atoms with Crippen molar-refractivity contribution in [1.29, 1.82) is 0 Å². The van der Waals surface area contributed by atoms with E-state index in [4.69, 9.17) is 14.2 Å². The van der Waals surface area contributed by atoms with E-state index in [9.17, 15) is 5.11 Å². The second-order valence-corrected chi connectivity index (χ2v) is 12.5. The number of nitrogens with zero attached hydrogens (tertiary/aromatic N) is 8. The molecule has 7 rings (SSSR count). The van der Waals surface area contributed by atoms with E-state index in [1.807, 2.05) is 42.5 Å². The molecule has 4 aromatic rings. The molecular formula is C35H42N8O4. The van der Waals surface area contributed by atoms with Crippen molar-refractivity contribution in [3.8, 4) is 5.75 Å². The minimum Gasteiger partial charge on any atom is -0.491 e. The van der Waals surface area contributed by atoms with Crippen LogP contribution in [0.25, 0.3) is 0 Å². The van der Waals surface area contributed by atoms with Gasteiger partial charge in [-0.3, -0.25) is 4.90 Å². The summed E-state index contributed by atoms with van der Waals surface area (Å²) < 4.78 is 18.9. The van der Waals surface area contributed by atoms with Gasteiger partial charge in [0.15, 0.2) is 0 Å². The summed E-state index contributed by atoms with van der Waals surface area (Å²) in [5.41, 5.74) is 4.20. The third kappa shape index (κ3) is 6.90. The minimum atomic E-state index is -0.970. The Hall–Kier alpha value is -4.65. The molecule has 0 amide bonds. The smallest absolute Gasteiger partial charge is 0.228 e. The quantitative estimate of drug-likeness (QED) is 0.260. The van der Waals surface area contributed by atoms with E-state index in [0.717, 1.165) is 43.2 Å². The van der Waals surface area contributed by atoms with Crippen molar-refractivity contribution >= 4 is 23.4 Å². The number of ether oxygens (including phenoxy) is 3. The van der Waals surface area contributed by atoms with E-state index in [1.165, 1.54) is 11.4 Å². The lowest BCUT2D eigenvalue weighted by atomic mass is 10.1. The summed E-state index contributed by atoms with van der Waals surface area (Å²) in [6, 6.07) is 26.6. The van der Waals surface area contributed by atoms with Gasteiger partial charge in [0.05, 0.1) is 19.0 Å². The van der Waals surface area contributed by atoms with Gasteiger partial charge in [0, 0.05) is 55.3 Å². The Morgan fingerprint density at radius 3 is 2.11 bits per heavy atom. The summed E-state index contributed by atoms with van der Waals surface area (Å²) in [6.45, 7) is 9.75. The highest BCUT2D eigenvalue weighted by Gasteiger charge is 2.44. The van der Waals surface area contributed by atoms with Gasteiger partial charge in [-0.25, -0.2) is 5.01 Å². The van der Waals surface area contributed by atoms with Crippen LogP contribution in [0.5, 0.6) is 5.75 Å². The number of aliphatic hydroxyl groups is 1. The van der Waals surface area contributed by atoms with Gasteiger partial charge < -0.3 is 29.1 Å². The average molecular weight is 639 g/mol. The van der Waals surface area contributed by atoms with Crippen LogP contribution in [0.15, 0.2) is 96.4 Å². The molecule has 47 heavy (non-hydrogen) atoms. The van der Waals surface area contributed by atoms with Gasteiger partial charge in [0.1, 0.15) is 31.3 Å². The third-order valence-corrected chi connectivity index (χ3v) is 8.71. The first-order chi connectivity index (χ1) is 23.0. The first-order valence-corrected chi connectivity index (χ1v) is 16.3. The van der Waals surface area contributed by atoms with E-state index < -0.39 is 12.1 Å². The summed E-state index contributed by atoms with van der Waals surface area (Å²) in [6.07, 6.45) is 3.99. The van der Waals surface area contributed by atoms with Gasteiger partial charge >= 0.3 is 0 Å². The molecule has 0 bridgehead atoms. The summed E-state index contributed by atoms with van der Waals surface area (Å²) in [7, 11) is 0. The Kier molecular flexibility index (Phi) is 8.96. The first-order valence-electron chi connectivity index (χ1n) is 16.3. The van der Waals surface area contributed by atoms with E-state index >= 15 is 0 Å². The lowest BCUT2D eigenvalue weighted by Gasteiger charge is -2.37. The molecule has 1 aromatic heterocycles. The third-order valence-electron chi connectivity index (χ3n) is 8.71. The van der Waals surface area contributed by atoms with Crippen LogP contribution >= 0.6 is 0 Å². The maximum absolute atomic E-state index is 10.7. The Labute approximate surface area is 275 Å². The molecule has 3 atom stereocenters. The summed E-state index contributed by atoms with van der Waals surface area (Å²) in [5.74, 6) is 0.242. The molecule has 246 valence electrons. The molecule has 2 saturated heterocycles. The maximum Gasteiger partial charge on any atom is 0.228 e. The number of benzene rings is 3. The molecule has 0 saturated carbocycles. The predicted molar refractivity (Wildman–Crippen MR) is 180 cm³/mol. The van der Waals surface area contributed by atoms with Crippen molar-refractivity contribution in [3.63, 3.8) is 0 Å². The van der Waals surface area contributed by atoms with Crippen LogP contribution in [0.3, 0.4) is 0 Å². The van der Waals surface area contributed by atoms with Crippen molar-refractivity contribution < 1.29 is 19.3 Å². The van der Waals surface area contributed by atoms with Crippen LogP contribution in [-0.4, -0.2) is 89.8 Å². The number of piperazine rings is 1. The molecule has 4 heterocycles. The highest BCUT2D eigenvalue weighted by Crippen LogP contribution is 2.36. The van der Waals surface area contributed by atoms with E-state index in [-0.39, 0.29) is 6.10 Å². The van der Waals surface area contributed by atoms with Crippen molar-refractivity contribution in [3.05, 3.63) is 96.8 Å². The minimum absolute atomic E-state index is 0.235. The van der Waals surface area contributed by atoms with Crippen LogP contribution in [0.1, 0.15) is 19.4 Å². The molecule has 0 spiro atoms. The van der Waals surface area contributed by atoms with Crippen LogP contribution in [0.4, 0.5) is 17.1 Å². The Bertz CT molecular complexity index is 1600. The standard InChI is InChI=1S/C35H42N8O4/c1-27(2)22-42-34(44)41(26-38-42)31-10-8-29(9-11-31)39-18-20-40(21-19-39)30-12-14-32(15-13-30)45-23-33-24-46-35(47-33,25-43-36-16-17-37-43)28-6-4-3-5-7-28/h3-17,26-27,33-34,44H,18-25H2,1-2H3/t33-,34?,35-/m1/s1. The summed E-state index contributed by atoms with van der Waals surface area (Å²) in [5, 5.41) is 25.3. The number of rotatable bonds is 11. The van der Waals surface area contributed by atoms with E-state index in [2.05, 4.69) is 75.3 Å². The number of aliphatic hydroxyl groups excluding tert-OH is 1. The highest BCUT2D eigenvalue weighted by molar-refractivity contribution is 5.81. The van der Waals surface area contributed by atoms with E-state index in [1.54, 1.807) is 33.4 Å². The molecule has 3 aliphatic heterocycles. The van der Waals surface area contributed by atoms with Gasteiger partial charge in [-0.15, -0.1) is 0 Å². The van der Waals surface area contributed by atoms with Crippen molar-refractivity contribution in [2.45, 2.75) is 38.6 Å². The number of hydrogen-bond donors (Lipinski definition) is 1. The molecule has 12 heteroatoms. The molecule has 1 N–H and O–H groups in total. The Balaban J connectivity index is 0.894. The largest absolute Gasteiger partial charge is 0.491 e. The molecule has 0 radical (unpaired) electrons. The fourth-order valence-corrected chi connectivity index (χ4v) is 6.28. The van der Waals surface area contributed by atoms with Crippen LogP contribution in [0, 0.1) is 5.92 Å². The highest BCUT2D eigenvalue weighted by atomic mass is 16.8. The van der Waals surface area contributed by atoms with Crippen molar-refractivity contribution in [2.24, 2.45) is 11.0 Å². The van der Waals surface area contributed by atoms with Crippen LogP contribution in [-0.2, 0) is 21.8 Å². The first kappa shape index (κ1) is 31.0. The molecule has 1 unspecified atom stereocenters. The predicted octanol–water partition coefficient (Wildman–Crippen LogP) is 3.95. The van der Waals surface area contributed by atoms with Crippen LogP contribution in [0.2, 0.25) is 0 Å². The lowest BCUT2D eigenvalue weighted by molar-refractivity contribution is -0.192. The van der Waals surface area contributed by atoms with E-state index in [0.29, 0.717) is 32.2 Å².